The van der Waals surface area contributed by atoms with Gasteiger partial charge in [-0.1, -0.05) is 11.6 Å². The molecule has 3 rings (SSSR count). The molecule has 0 fully saturated rings. The van der Waals surface area contributed by atoms with Gasteiger partial charge < -0.3 is 9.88 Å². The highest BCUT2D eigenvalue weighted by Crippen LogP contribution is 2.24. The molecule has 0 bridgehead atoms. The Bertz CT molecular complexity index is 1050. The van der Waals surface area contributed by atoms with Crippen molar-refractivity contribution in [1.29, 1.82) is 0 Å². The second kappa shape index (κ2) is 7.96. The number of halogens is 1. The molecule has 1 aromatic carbocycles. The van der Waals surface area contributed by atoms with E-state index in [2.05, 4.69) is 21.1 Å². The van der Waals surface area contributed by atoms with Crippen molar-refractivity contribution in [3.63, 3.8) is 0 Å². The molecule has 0 atom stereocenters. The number of fused-ring (bicyclic) bond motifs is 1. The Morgan fingerprint density at radius 1 is 1.26 bits per heavy atom. The molecule has 2 aromatic heterocycles. The van der Waals surface area contributed by atoms with E-state index < -0.39 is 0 Å². The van der Waals surface area contributed by atoms with E-state index in [0.29, 0.717) is 30.2 Å². The molecule has 0 radical (unpaired) electrons. The van der Waals surface area contributed by atoms with Gasteiger partial charge in [-0.25, -0.2) is 4.79 Å². The van der Waals surface area contributed by atoms with Crippen LogP contribution in [0, 0.1) is 13.8 Å². The number of aryl methyl sites for hydroxylation is 3. The third kappa shape index (κ3) is 4.39. The molecule has 27 heavy (non-hydrogen) atoms. The lowest BCUT2D eigenvalue weighted by Crippen LogP contribution is -2.30. The molecule has 7 heteroatoms. The van der Waals surface area contributed by atoms with Crippen molar-refractivity contribution in [1.82, 2.24) is 19.4 Å². The van der Waals surface area contributed by atoms with Gasteiger partial charge in [0.25, 0.3) is 0 Å². The van der Waals surface area contributed by atoms with E-state index >= 15 is 0 Å². The predicted molar refractivity (Wildman–Crippen MR) is 107 cm³/mol. The van der Waals surface area contributed by atoms with Gasteiger partial charge in [-0.2, -0.15) is 4.98 Å². The van der Waals surface area contributed by atoms with Gasteiger partial charge in [0.05, 0.1) is 0 Å². The molecule has 1 amide bonds. The molecule has 1 N–H and O–H groups in total. The summed E-state index contributed by atoms with van der Waals surface area (Å²) in [6.07, 6.45) is 3.02. The van der Waals surface area contributed by atoms with Crippen molar-refractivity contribution in [2.45, 2.75) is 33.2 Å². The van der Waals surface area contributed by atoms with Crippen LogP contribution in [0.25, 0.3) is 10.9 Å². The van der Waals surface area contributed by atoms with Crippen molar-refractivity contribution in [3.8, 4) is 0 Å². The Balaban J connectivity index is 1.56. The van der Waals surface area contributed by atoms with E-state index in [0.717, 1.165) is 22.2 Å². The number of rotatable bonds is 6. The third-order valence-electron chi connectivity index (χ3n) is 4.66. The minimum absolute atomic E-state index is 0.0832. The van der Waals surface area contributed by atoms with E-state index in [4.69, 9.17) is 11.6 Å². The second-order valence-corrected chi connectivity index (χ2v) is 7.19. The highest BCUT2D eigenvalue weighted by Gasteiger charge is 2.09. The summed E-state index contributed by atoms with van der Waals surface area (Å²) >= 11 is 6.11. The van der Waals surface area contributed by atoms with Crippen LogP contribution in [0.1, 0.15) is 23.4 Å². The van der Waals surface area contributed by atoms with Gasteiger partial charge in [-0.15, -0.1) is 0 Å². The zero-order chi connectivity index (χ0) is 19.6. The van der Waals surface area contributed by atoms with Crippen molar-refractivity contribution < 1.29 is 4.79 Å². The summed E-state index contributed by atoms with van der Waals surface area (Å²) in [5.41, 5.74) is 3.45. The molecule has 0 spiro atoms. The largest absolute Gasteiger partial charge is 0.356 e. The fourth-order valence-corrected chi connectivity index (χ4v) is 3.50. The smallest absolute Gasteiger partial charge is 0.347 e. The summed E-state index contributed by atoms with van der Waals surface area (Å²) in [7, 11) is 1.99. The number of carbonyl (C=O) groups is 1. The standard InChI is InChI=1S/C20H23ClN4O2/c1-13-10-14(2)25(20(27)23-13)9-7-19(26)22-8-6-15-12-24(3)18-5-4-16(21)11-17(15)18/h4-5,10-12H,6-9H2,1-3H3,(H,22,26). The summed E-state index contributed by atoms with van der Waals surface area (Å²) in [6, 6.07) is 7.66. The average molecular weight is 387 g/mol. The number of amides is 1. The highest BCUT2D eigenvalue weighted by molar-refractivity contribution is 6.31. The molecule has 142 valence electrons. The molecular formula is C20H23ClN4O2. The summed E-state index contributed by atoms with van der Waals surface area (Å²) in [5.74, 6) is -0.0832. The molecular weight excluding hydrogens is 364 g/mol. The summed E-state index contributed by atoms with van der Waals surface area (Å²) < 4.78 is 3.59. The van der Waals surface area contributed by atoms with E-state index in [1.807, 2.05) is 38.2 Å². The van der Waals surface area contributed by atoms with Crippen LogP contribution >= 0.6 is 11.6 Å². The van der Waals surface area contributed by atoms with Crippen molar-refractivity contribution >= 4 is 28.4 Å². The first-order valence-electron chi connectivity index (χ1n) is 8.90. The zero-order valence-corrected chi connectivity index (χ0v) is 16.5. The Hall–Kier alpha value is -2.60. The van der Waals surface area contributed by atoms with Crippen LogP contribution in [-0.4, -0.2) is 26.6 Å². The maximum Gasteiger partial charge on any atom is 0.347 e. The number of hydrogen-bond acceptors (Lipinski definition) is 3. The van der Waals surface area contributed by atoms with Gasteiger partial charge in [-0.05, 0) is 50.1 Å². The lowest BCUT2D eigenvalue weighted by Gasteiger charge is -2.10. The monoisotopic (exact) mass is 386 g/mol. The number of benzene rings is 1. The van der Waals surface area contributed by atoms with Gasteiger partial charge >= 0.3 is 5.69 Å². The Morgan fingerprint density at radius 2 is 2.04 bits per heavy atom. The minimum Gasteiger partial charge on any atom is -0.356 e. The minimum atomic E-state index is -0.312. The maximum atomic E-state index is 12.1. The van der Waals surface area contributed by atoms with E-state index in [-0.39, 0.29) is 18.0 Å². The van der Waals surface area contributed by atoms with E-state index in [1.165, 1.54) is 4.57 Å². The number of nitrogens with one attached hydrogen (secondary N) is 1. The van der Waals surface area contributed by atoms with Crippen LogP contribution in [0.4, 0.5) is 0 Å². The van der Waals surface area contributed by atoms with Crippen molar-refractivity contribution in [3.05, 3.63) is 62.9 Å². The first kappa shape index (κ1) is 19.2. The third-order valence-corrected chi connectivity index (χ3v) is 4.89. The normalized spacial score (nSPS) is 11.1. The summed E-state index contributed by atoms with van der Waals surface area (Å²) in [4.78, 5) is 28.0. The molecule has 0 unspecified atom stereocenters. The molecule has 0 aliphatic heterocycles. The van der Waals surface area contributed by atoms with E-state index in [9.17, 15) is 9.59 Å². The number of nitrogens with zero attached hydrogens (tertiary/aromatic N) is 3. The van der Waals surface area contributed by atoms with Gasteiger partial charge in [0.2, 0.25) is 5.91 Å². The van der Waals surface area contributed by atoms with Gasteiger partial charge in [0, 0.05) is 60.1 Å². The number of aromatic nitrogens is 3. The predicted octanol–water partition coefficient (Wildman–Crippen LogP) is 2.75. The SMILES string of the molecule is Cc1cc(C)n(CCC(=O)NCCc2cn(C)c3ccc(Cl)cc23)c(=O)n1. The molecule has 2 heterocycles. The van der Waals surface area contributed by atoms with Gasteiger partial charge in [0.1, 0.15) is 0 Å². The molecule has 0 aliphatic carbocycles. The summed E-state index contributed by atoms with van der Waals surface area (Å²) in [5, 5.41) is 4.73. The molecule has 6 nitrogen and oxygen atoms in total. The lowest BCUT2D eigenvalue weighted by molar-refractivity contribution is -0.121. The Labute approximate surface area is 162 Å². The Morgan fingerprint density at radius 3 is 2.78 bits per heavy atom. The van der Waals surface area contributed by atoms with Crippen LogP contribution in [0.15, 0.2) is 35.3 Å². The van der Waals surface area contributed by atoms with Crippen molar-refractivity contribution in [2.75, 3.05) is 6.54 Å². The second-order valence-electron chi connectivity index (χ2n) is 6.75. The first-order valence-corrected chi connectivity index (χ1v) is 9.28. The molecule has 0 aliphatic rings. The average Bonchev–Trinajstić information content (AvgIpc) is 2.89. The van der Waals surface area contributed by atoms with Crippen LogP contribution in [0.5, 0.6) is 0 Å². The quantitative estimate of drug-likeness (QED) is 0.708. The molecule has 0 saturated heterocycles. The van der Waals surface area contributed by atoms with Crippen LogP contribution in [0.2, 0.25) is 5.02 Å². The van der Waals surface area contributed by atoms with Crippen LogP contribution in [-0.2, 0) is 24.8 Å². The maximum absolute atomic E-state index is 12.1. The van der Waals surface area contributed by atoms with E-state index in [1.54, 1.807) is 6.92 Å². The van der Waals surface area contributed by atoms with Gasteiger partial charge in [0.15, 0.2) is 0 Å². The number of carbonyl (C=O) groups excluding carboxylic acids is 1. The first-order chi connectivity index (χ1) is 12.8. The highest BCUT2D eigenvalue weighted by atomic mass is 35.5. The molecule has 3 aromatic rings. The van der Waals surface area contributed by atoms with Gasteiger partial charge in [-0.3, -0.25) is 9.36 Å². The fourth-order valence-electron chi connectivity index (χ4n) is 3.33. The zero-order valence-electron chi connectivity index (χ0n) is 15.8. The topological polar surface area (TPSA) is 68.9 Å². The molecule has 0 saturated carbocycles. The van der Waals surface area contributed by atoms with Crippen LogP contribution in [0.3, 0.4) is 0 Å². The lowest BCUT2D eigenvalue weighted by atomic mass is 10.1. The summed E-state index contributed by atoms with van der Waals surface area (Å²) in [6.45, 7) is 4.49. The number of hydrogen-bond donors (Lipinski definition) is 1. The van der Waals surface area contributed by atoms with Crippen LogP contribution < -0.4 is 11.0 Å². The fraction of sp³-hybridized carbons (Fsp3) is 0.350. The van der Waals surface area contributed by atoms with Crippen molar-refractivity contribution in [2.24, 2.45) is 7.05 Å². The Kier molecular flexibility index (Phi) is 5.65.